The quantitative estimate of drug-likeness (QED) is 0.719. The maximum absolute atomic E-state index is 13.7. The molecule has 8 heteroatoms. The Morgan fingerprint density at radius 2 is 1.85 bits per heavy atom. The van der Waals surface area contributed by atoms with Crippen LogP contribution >= 0.6 is 0 Å². The number of hydrogen-bond donors (Lipinski definition) is 2. The summed E-state index contributed by atoms with van der Waals surface area (Å²) in [6.45, 7) is 5.66. The number of ether oxygens (including phenoxy) is 2. The number of amides is 2. The van der Waals surface area contributed by atoms with Crippen LogP contribution in [0, 0.1) is 5.82 Å². The van der Waals surface area contributed by atoms with Crippen LogP contribution in [0.2, 0.25) is 0 Å². The maximum Gasteiger partial charge on any atom is 0.407 e. The van der Waals surface area contributed by atoms with E-state index in [1.807, 2.05) is 24.3 Å². The van der Waals surface area contributed by atoms with Crippen molar-refractivity contribution in [2.24, 2.45) is 0 Å². The molecular formula is C26H31FN2O5. The van der Waals surface area contributed by atoms with Crippen molar-refractivity contribution in [2.75, 3.05) is 13.2 Å². The van der Waals surface area contributed by atoms with Gasteiger partial charge in [-0.1, -0.05) is 36.4 Å². The van der Waals surface area contributed by atoms with E-state index in [0.29, 0.717) is 13.0 Å². The van der Waals surface area contributed by atoms with E-state index in [4.69, 9.17) is 9.47 Å². The molecule has 0 spiro atoms. The standard InChI is InChI=1S/C26H31FN2O5/c1-26(2,3)34-25(32)28-20-14-22(33-15-21(20)30)24(31)29-13-12-16-6-4-5-7-19(16)23(29)17-8-10-18(27)11-9-17/h4-11,20-23,30H,12-15H2,1-3H3,(H,28,32)/t20-,21+,22-,23+/m1/s1. The van der Waals surface area contributed by atoms with E-state index in [-0.39, 0.29) is 30.8 Å². The summed E-state index contributed by atoms with van der Waals surface area (Å²) >= 11 is 0. The van der Waals surface area contributed by atoms with Gasteiger partial charge in [-0.15, -0.1) is 0 Å². The first-order valence-corrected chi connectivity index (χ1v) is 11.6. The van der Waals surface area contributed by atoms with Gasteiger partial charge in [-0.05, 0) is 56.0 Å². The third-order valence-corrected chi connectivity index (χ3v) is 6.13. The van der Waals surface area contributed by atoms with Gasteiger partial charge in [0.15, 0.2) is 0 Å². The fourth-order valence-corrected chi connectivity index (χ4v) is 4.57. The zero-order chi connectivity index (χ0) is 24.5. The number of alkyl carbamates (subject to hydrolysis) is 1. The molecule has 1 fully saturated rings. The van der Waals surface area contributed by atoms with E-state index in [1.54, 1.807) is 37.8 Å². The highest BCUT2D eigenvalue weighted by atomic mass is 19.1. The van der Waals surface area contributed by atoms with Gasteiger partial charge in [-0.2, -0.15) is 0 Å². The smallest absolute Gasteiger partial charge is 0.407 e. The van der Waals surface area contributed by atoms with Crippen molar-refractivity contribution in [3.05, 3.63) is 71.0 Å². The molecule has 0 aromatic heterocycles. The summed E-state index contributed by atoms with van der Waals surface area (Å²) in [5.74, 6) is -0.571. The van der Waals surface area contributed by atoms with Crippen molar-refractivity contribution in [1.29, 1.82) is 0 Å². The van der Waals surface area contributed by atoms with Crippen LogP contribution in [0.1, 0.15) is 49.9 Å². The second-order valence-electron chi connectivity index (χ2n) is 9.81. The first-order valence-electron chi connectivity index (χ1n) is 11.6. The van der Waals surface area contributed by atoms with E-state index in [9.17, 15) is 19.1 Å². The van der Waals surface area contributed by atoms with Gasteiger partial charge in [0.1, 0.15) is 17.5 Å². The second-order valence-corrected chi connectivity index (χ2v) is 9.81. The summed E-state index contributed by atoms with van der Waals surface area (Å²) in [7, 11) is 0. The normalized spacial score (nSPS) is 24.8. The summed E-state index contributed by atoms with van der Waals surface area (Å²) in [4.78, 5) is 27.7. The van der Waals surface area contributed by atoms with E-state index < -0.39 is 29.9 Å². The van der Waals surface area contributed by atoms with Gasteiger partial charge in [0.05, 0.1) is 24.8 Å². The molecule has 34 heavy (non-hydrogen) atoms. The lowest BCUT2D eigenvalue weighted by molar-refractivity contribution is -0.155. The average molecular weight is 471 g/mol. The van der Waals surface area contributed by atoms with Gasteiger partial charge in [0, 0.05) is 13.0 Å². The molecule has 182 valence electrons. The predicted octanol–water partition coefficient (Wildman–Crippen LogP) is 3.34. The van der Waals surface area contributed by atoms with Crippen LogP contribution in [0.5, 0.6) is 0 Å². The van der Waals surface area contributed by atoms with Crippen molar-refractivity contribution in [3.63, 3.8) is 0 Å². The van der Waals surface area contributed by atoms with Crippen molar-refractivity contribution in [2.45, 2.75) is 63.5 Å². The maximum atomic E-state index is 13.7. The molecule has 2 aromatic carbocycles. The fourth-order valence-electron chi connectivity index (χ4n) is 4.57. The van der Waals surface area contributed by atoms with Crippen molar-refractivity contribution in [1.82, 2.24) is 10.2 Å². The molecule has 0 bridgehead atoms. The van der Waals surface area contributed by atoms with Crippen LogP contribution < -0.4 is 5.32 Å². The molecule has 2 aromatic rings. The molecule has 4 rings (SSSR count). The van der Waals surface area contributed by atoms with Crippen LogP contribution in [0.3, 0.4) is 0 Å². The lowest BCUT2D eigenvalue weighted by Gasteiger charge is -2.41. The molecule has 2 aliphatic heterocycles. The summed E-state index contributed by atoms with van der Waals surface area (Å²) in [5.41, 5.74) is 2.26. The number of aliphatic hydroxyl groups is 1. The second kappa shape index (κ2) is 9.72. The summed E-state index contributed by atoms with van der Waals surface area (Å²) in [6.07, 6.45) is -1.63. The van der Waals surface area contributed by atoms with Crippen molar-refractivity contribution in [3.8, 4) is 0 Å². The van der Waals surface area contributed by atoms with E-state index in [2.05, 4.69) is 5.32 Å². The van der Waals surface area contributed by atoms with Crippen LogP contribution in [0.4, 0.5) is 9.18 Å². The highest BCUT2D eigenvalue weighted by Crippen LogP contribution is 2.36. The summed E-state index contributed by atoms with van der Waals surface area (Å²) in [5, 5.41) is 13.0. The Labute approximate surface area is 198 Å². The van der Waals surface area contributed by atoms with Crippen LogP contribution in [0.25, 0.3) is 0 Å². The minimum Gasteiger partial charge on any atom is -0.444 e. The molecule has 0 unspecified atom stereocenters. The third kappa shape index (κ3) is 5.39. The third-order valence-electron chi connectivity index (χ3n) is 6.13. The van der Waals surface area contributed by atoms with Crippen LogP contribution in [0.15, 0.2) is 48.5 Å². The largest absolute Gasteiger partial charge is 0.444 e. The first-order chi connectivity index (χ1) is 16.1. The lowest BCUT2D eigenvalue weighted by atomic mass is 9.87. The van der Waals surface area contributed by atoms with Crippen molar-refractivity contribution < 1.29 is 28.6 Å². The molecule has 2 amide bonds. The zero-order valence-electron chi connectivity index (χ0n) is 19.7. The fraction of sp³-hybridized carbons (Fsp3) is 0.462. The van der Waals surface area contributed by atoms with E-state index >= 15 is 0 Å². The molecule has 7 nitrogen and oxygen atoms in total. The predicted molar refractivity (Wildman–Crippen MR) is 124 cm³/mol. The SMILES string of the molecule is CC(C)(C)OC(=O)N[C@@H]1C[C@H](C(=O)N2CCc3ccccc3[C@@H]2c2ccc(F)cc2)OC[C@@H]1O. The van der Waals surface area contributed by atoms with Gasteiger partial charge in [0.2, 0.25) is 0 Å². The number of carbonyl (C=O) groups is 2. The van der Waals surface area contributed by atoms with Gasteiger partial charge >= 0.3 is 6.09 Å². The Hall–Kier alpha value is -2.97. The molecule has 0 aliphatic carbocycles. The molecule has 0 radical (unpaired) electrons. The average Bonchev–Trinajstić information content (AvgIpc) is 2.79. The first kappa shape index (κ1) is 24.2. The van der Waals surface area contributed by atoms with Crippen LogP contribution in [-0.2, 0) is 20.7 Å². The Bertz CT molecular complexity index is 1040. The Morgan fingerprint density at radius 3 is 2.56 bits per heavy atom. The number of halogens is 1. The molecule has 2 heterocycles. The summed E-state index contributed by atoms with van der Waals surface area (Å²) < 4.78 is 24.6. The number of hydrogen-bond acceptors (Lipinski definition) is 5. The number of aliphatic hydroxyl groups excluding tert-OH is 1. The number of rotatable bonds is 3. The molecule has 4 atom stereocenters. The number of nitrogens with zero attached hydrogens (tertiary/aromatic N) is 1. The molecule has 2 N–H and O–H groups in total. The minimum absolute atomic E-state index is 0.0808. The minimum atomic E-state index is -0.952. The lowest BCUT2D eigenvalue weighted by Crippen LogP contribution is -2.56. The highest BCUT2D eigenvalue weighted by molar-refractivity contribution is 5.82. The van der Waals surface area contributed by atoms with Crippen molar-refractivity contribution >= 4 is 12.0 Å². The Morgan fingerprint density at radius 1 is 1.15 bits per heavy atom. The molecular weight excluding hydrogens is 439 g/mol. The Kier molecular flexibility index (Phi) is 6.91. The highest BCUT2D eigenvalue weighted by Gasteiger charge is 2.40. The summed E-state index contributed by atoms with van der Waals surface area (Å²) in [6, 6.07) is 13.0. The van der Waals surface area contributed by atoms with Crippen LogP contribution in [-0.4, -0.2) is 59.0 Å². The van der Waals surface area contributed by atoms with Gasteiger partial charge < -0.3 is 24.8 Å². The molecule has 2 aliphatic rings. The van der Waals surface area contributed by atoms with Gasteiger partial charge in [-0.25, -0.2) is 9.18 Å². The zero-order valence-corrected chi connectivity index (χ0v) is 19.7. The molecule has 1 saturated heterocycles. The topological polar surface area (TPSA) is 88.1 Å². The molecule has 0 saturated carbocycles. The van der Waals surface area contributed by atoms with E-state index in [1.165, 1.54) is 12.1 Å². The number of benzene rings is 2. The number of nitrogens with one attached hydrogen (secondary N) is 1. The number of carbonyl (C=O) groups excluding carboxylic acids is 2. The number of fused-ring (bicyclic) bond motifs is 1. The van der Waals surface area contributed by atoms with Gasteiger partial charge in [0.25, 0.3) is 5.91 Å². The monoisotopic (exact) mass is 470 g/mol. The van der Waals surface area contributed by atoms with Gasteiger partial charge in [-0.3, -0.25) is 4.79 Å². The van der Waals surface area contributed by atoms with E-state index in [0.717, 1.165) is 16.7 Å². The Balaban J connectivity index is 1.55.